The van der Waals surface area contributed by atoms with E-state index in [0.29, 0.717) is 35.2 Å². The number of rotatable bonds is 7. The van der Waals surface area contributed by atoms with E-state index in [1.54, 1.807) is 61.5 Å². The molecule has 1 atom stereocenters. The van der Waals surface area contributed by atoms with E-state index >= 15 is 0 Å². The summed E-state index contributed by atoms with van der Waals surface area (Å²) >= 11 is 0. The number of carboxylic acid groups (broad SMARTS) is 1. The third kappa shape index (κ3) is 4.97. The molecule has 0 bridgehead atoms. The standard InChI is InChI=1S/C25H24N2O5S/c1-16(18-9-5-11-21(14-18)26-24(28)17-7-3-2-4-8-17)27-33(31,32)23-15-20(25(29)30)13-19-10-6-12-22(19)23/h2-5,7-9,11,13-16,27H,6,10,12H2,1H3,(H,26,28)(H,29,30). The lowest BCUT2D eigenvalue weighted by atomic mass is 10.1. The molecule has 1 aliphatic carbocycles. The minimum atomic E-state index is -3.97. The summed E-state index contributed by atoms with van der Waals surface area (Å²) in [6.07, 6.45) is 2.05. The van der Waals surface area contributed by atoms with E-state index in [-0.39, 0.29) is 16.4 Å². The summed E-state index contributed by atoms with van der Waals surface area (Å²) in [4.78, 5) is 24.0. The zero-order valence-electron chi connectivity index (χ0n) is 18.0. The first-order valence-electron chi connectivity index (χ1n) is 10.6. The Morgan fingerprint density at radius 3 is 2.42 bits per heavy atom. The van der Waals surface area contributed by atoms with Crippen molar-refractivity contribution < 1.29 is 23.1 Å². The minimum Gasteiger partial charge on any atom is -0.478 e. The molecule has 0 heterocycles. The van der Waals surface area contributed by atoms with Crippen LogP contribution in [0, 0.1) is 0 Å². The summed E-state index contributed by atoms with van der Waals surface area (Å²) in [6.45, 7) is 1.71. The Morgan fingerprint density at radius 1 is 0.939 bits per heavy atom. The first kappa shape index (κ1) is 22.7. The van der Waals surface area contributed by atoms with Crippen LogP contribution < -0.4 is 10.0 Å². The first-order chi connectivity index (χ1) is 15.7. The molecular weight excluding hydrogens is 440 g/mol. The van der Waals surface area contributed by atoms with Crippen LogP contribution in [0.2, 0.25) is 0 Å². The molecule has 0 saturated heterocycles. The second kappa shape index (κ2) is 9.17. The van der Waals surface area contributed by atoms with Gasteiger partial charge in [-0.05, 0) is 79.3 Å². The van der Waals surface area contributed by atoms with Crippen LogP contribution in [0.25, 0.3) is 0 Å². The van der Waals surface area contributed by atoms with Crippen molar-refractivity contribution in [2.45, 2.75) is 37.1 Å². The van der Waals surface area contributed by atoms with Gasteiger partial charge in [0.05, 0.1) is 10.5 Å². The van der Waals surface area contributed by atoms with Gasteiger partial charge in [0, 0.05) is 17.3 Å². The molecule has 7 nitrogen and oxygen atoms in total. The largest absolute Gasteiger partial charge is 0.478 e. The number of sulfonamides is 1. The number of carbonyl (C=O) groups excluding carboxylic acids is 1. The number of anilines is 1. The lowest BCUT2D eigenvalue weighted by Gasteiger charge is -2.18. The Bertz CT molecular complexity index is 1320. The van der Waals surface area contributed by atoms with Gasteiger partial charge in [-0.25, -0.2) is 17.9 Å². The van der Waals surface area contributed by atoms with Gasteiger partial charge < -0.3 is 10.4 Å². The van der Waals surface area contributed by atoms with Crippen molar-refractivity contribution in [3.8, 4) is 0 Å². The molecule has 0 fully saturated rings. The smallest absolute Gasteiger partial charge is 0.335 e. The fourth-order valence-corrected chi connectivity index (χ4v) is 5.64. The Kier molecular flexibility index (Phi) is 6.31. The number of aromatic carboxylic acids is 1. The van der Waals surface area contributed by atoms with Gasteiger partial charge >= 0.3 is 5.97 Å². The number of benzene rings is 3. The van der Waals surface area contributed by atoms with Crippen molar-refractivity contribution in [3.05, 3.63) is 94.5 Å². The van der Waals surface area contributed by atoms with Crippen LogP contribution in [-0.4, -0.2) is 25.4 Å². The van der Waals surface area contributed by atoms with Crippen LogP contribution >= 0.6 is 0 Å². The zero-order valence-corrected chi connectivity index (χ0v) is 18.9. The zero-order chi connectivity index (χ0) is 23.6. The predicted molar refractivity (Wildman–Crippen MR) is 125 cm³/mol. The summed E-state index contributed by atoms with van der Waals surface area (Å²) in [5.74, 6) is -1.42. The van der Waals surface area contributed by atoms with Gasteiger partial charge in [-0.1, -0.05) is 30.3 Å². The van der Waals surface area contributed by atoms with Gasteiger partial charge in [0.2, 0.25) is 10.0 Å². The normalized spacial score (nSPS) is 13.8. The molecule has 1 aliphatic rings. The van der Waals surface area contributed by atoms with Crippen molar-refractivity contribution in [2.24, 2.45) is 0 Å². The molecule has 8 heteroatoms. The van der Waals surface area contributed by atoms with Gasteiger partial charge in [0.25, 0.3) is 5.91 Å². The predicted octanol–water partition coefficient (Wildman–Crippen LogP) is 4.17. The molecule has 3 N–H and O–H groups in total. The van der Waals surface area contributed by atoms with Crippen LogP contribution in [0.4, 0.5) is 5.69 Å². The average Bonchev–Trinajstić information content (AvgIpc) is 3.27. The summed E-state index contributed by atoms with van der Waals surface area (Å²) in [5, 5.41) is 12.2. The summed E-state index contributed by atoms with van der Waals surface area (Å²) in [5.41, 5.74) is 3.15. The third-order valence-corrected chi connectivity index (χ3v) is 7.33. The molecule has 1 unspecified atom stereocenters. The van der Waals surface area contributed by atoms with Gasteiger partial charge in [0.15, 0.2) is 0 Å². The van der Waals surface area contributed by atoms with Crippen molar-refractivity contribution in [3.63, 3.8) is 0 Å². The van der Waals surface area contributed by atoms with Crippen LogP contribution in [0.3, 0.4) is 0 Å². The second-order valence-corrected chi connectivity index (χ2v) is 9.74. The highest BCUT2D eigenvalue weighted by Gasteiger charge is 2.27. The highest BCUT2D eigenvalue weighted by atomic mass is 32.2. The molecule has 0 saturated carbocycles. The first-order valence-corrected chi connectivity index (χ1v) is 12.1. The second-order valence-electron chi connectivity index (χ2n) is 8.06. The van der Waals surface area contributed by atoms with E-state index in [1.165, 1.54) is 6.07 Å². The van der Waals surface area contributed by atoms with Crippen LogP contribution in [0.1, 0.15) is 56.8 Å². The SMILES string of the molecule is CC(NS(=O)(=O)c1cc(C(=O)O)cc2c1CCC2)c1cccc(NC(=O)c2ccccc2)c1. The summed E-state index contributed by atoms with van der Waals surface area (Å²) < 4.78 is 29.1. The molecule has 170 valence electrons. The van der Waals surface area contributed by atoms with E-state index in [9.17, 15) is 23.1 Å². The molecule has 1 amide bonds. The monoisotopic (exact) mass is 464 g/mol. The Morgan fingerprint density at radius 2 is 1.70 bits per heavy atom. The fourth-order valence-electron chi connectivity index (χ4n) is 4.07. The molecular formula is C25H24N2O5S. The molecule has 3 aromatic carbocycles. The van der Waals surface area contributed by atoms with E-state index < -0.39 is 22.0 Å². The van der Waals surface area contributed by atoms with Gasteiger partial charge in [-0.2, -0.15) is 0 Å². The molecule has 0 aliphatic heterocycles. The summed E-state index contributed by atoms with van der Waals surface area (Å²) in [7, 11) is -3.97. The molecule has 33 heavy (non-hydrogen) atoms. The van der Waals surface area contributed by atoms with Gasteiger partial charge in [-0.15, -0.1) is 0 Å². The Hall–Kier alpha value is -3.49. The fraction of sp³-hybridized carbons (Fsp3) is 0.200. The van der Waals surface area contributed by atoms with E-state index in [1.807, 2.05) is 6.07 Å². The quantitative estimate of drug-likeness (QED) is 0.486. The third-order valence-electron chi connectivity index (χ3n) is 5.72. The number of hydrogen-bond acceptors (Lipinski definition) is 4. The lowest BCUT2D eigenvalue weighted by Crippen LogP contribution is -2.28. The number of carbonyl (C=O) groups is 2. The maximum atomic E-state index is 13.2. The van der Waals surface area contributed by atoms with Crippen molar-refractivity contribution in [1.82, 2.24) is 4.72 Å². The maximum absolute atomic E-state index is 13.2. The van der Waals surface area contributed by atoms with Crippen molar-refractivity contribution >= 4 is 27.6 Å². The number of fused-ring (bicyclic) bond motifs is 1. The number of nitrogens with one attached hydrogen (secondary N) is 2. The lowest BCUT2D eigenvalue weighted by molar-refractivity contribution is 0.0696. The van der Waals surface area contributed by atoms with Crippen molar-refractivity contribution in [1.29, 1.82) is 0 Å². The number of carboxylic acids is 1. The molecule has 0 spiro atoms. The average molecular weight is 465 g/mol. The van der Waals surface area contributed by atoms with E-state index in [0.717, 1.165) is 12.0 Å². The van der Waals surface area contributed by atoms with Gasteiger partial charge in [-0.3, -0.25) is 4.79 Å². The summed E-state index contributed by atoms with van der Waals surface area (Å²) in [6, 6.07) is 17.9. The van der Waals surface area contributed by atoms with Crippen LogP contribution in [0.5, 0.6) is 0 Å². The number of hydrogen-bond donors (Lipinski definition) is 3. The maximum Gasteiger partial charge on any atom is 0.335 e. The molecule has 0 aromatic heterocycles. The molecule has 4 rings (SSSR count). The van der Waals surface area contributed by atoms with Crippen molar-refractivity contribution in [2.75, 3.05) is 5.32 Å². The highest BCUT2D eigenvalue weighted by molar-refractivity contribution is 7.89. The number of amides is 1. The Balaban J connectivity index is 1.56. The topological polar surface area (TPSA) is 113 Å². The molecule has 3 aromatic rings. The van der Waals surface area contributed by atoms with Gasteiger partial charge in [0.1, 0.15) is 0 Å². The van der Waals surface area contributed by atoms with Crippen LogP contribution in [0.15, 0.2) is 71.6 Å². The number of aryl methyl sites for hydroxylation is 1. The molecule has 0 radical (unpaired) electrons. The minimum absolute atomic E-state index is 0.0234. The van der Waals surface area contributed by atoms with E-state index in [2.05, 4.69) is 10.0 Å². The highest BCUT2D eigenvalue weighted by Crippen LogP contribution is 2.31. The van der Waals surface area contributed by atoms with Crippen LogP contribution in [-0.2, 0) is 22.9 Å². The van der Waals surface area contributed by atoms with E-state index in [4.69, 9.17) is 0 Å². The Labute approximate surface area is 192 Å².